The monoisotopic (exact) mass is 392 g/mol. The molecule has 1 aliphatic rings. The summed E-state index contributed by atoms with van der Waals surface area (Å²) < 4.78 is 5.92. The third-order valence-electron chi connectivity index (χ3n) is 5.52. The first-order valence-electron chi connectivity index (χ1n) is 9.58. The fourth-order valence-electron chi connectivity index (χ4n) is 3.85. The summed E-state index contributed by atoms with van der Waals surface area (Å²) in [7, 11) is 1.76. The van der Waals surface area contributed by atoms with Crippen molar-refractivity contribution in [2.45, 2.75) is 24.9 Å². The molecule has 0 bridgehead atoms. The van der Waals surface area contributed by atoms with Gasteiger partial charge in [-0.1, -0.05) is 60.7 Å². The molecule has 1 aromatic heterocycles. The molecular weight excluding hydrogens is 368 g/mol. The number of thiazole rings is 1. The van der Waals surface area contributed by atoms with Gasteiger partial charge in [0.15, 0.2) is 0 Å². The maximum absolute atomic E-state index is 12.9. The molecule has 1 fully saturated rings. The van der Waals surface area contributed by atoms with E-state index in [0.29, 0.717) is 18.8 Å². The predicted molar refractivity (Wildman–Crippen MR) is 112 cm³/mol. The fraction of sp³-hybridized carbons (Fsp3) is 0.304. The molecule has 1 aliphatic heterocycles. The molecule has 0 aliphatic carbocycles. The van der Waals surface area contributed by atoms with Crippen LogP contribution in [0.25, 0.3) is 0 Å². The smallest absolute Gasteiger partial charge is 0.273 e. The number of methoxy groups -OCH3 is 1. The molecular formula is C23H24N2O2S. The summed E-state index contributed by atoms with van der Waals surface area (Å²) in [4.78, 5) is 19.4. The third kappa shape index (κ3) is 3.86. The minimum atomic E-state index is -0.307. The Labute approximate surface area is 169 Å². The summed E-state index contributed by atoms with van der Waals surface area (Å²) in [6.45, 7) is 1.35. The first-order valence-corrected chi connectivity index (χ1v) is 10.5. The Morgan fingerprint density at radius 3 is 2.36 bits per heavy atom. The van der Waals surface area contributed by atoms with Crippen LogP contribution >= 0.6 is 11.3 Å². The van der Waals surface area contributed by atoms with Crippen molar-refractivity contribution >= 4 is 17.2 Å². The molecule has 3 aromatic rings. The second kappa shape index (κ2) is 8.25. The highest BCUT2D eigenvalue weighted by Gasteiger charge is 2.37. The molecule has 0 spiro atoms. The number of hydrogen-bond donors (Lipinski definition) is 0. The molecule has 1 saturated heterocycles. The van der Waals surface area contributed by atoms with Gasteiger partial charge in [0, 0.05) is 32.0 Å². The average molecular weight is 393 g/mol. The highest BCUT2D eigenvalue weighted by Crippen LogP contribution is 2.36. The van der Waals surface area contributed by atoms with Crippen LogP contribution in [0.3, 0.4) is 0 Å². The van der Waals surface area contributed by atoms with Gasteiger partial charge in [0.1, 0.15) is 5.69 Å². The average Bonchev–Trinajstić information content (AvgIpc) is 3.23. The summed E-state index contributed by atoms with van der Waals surface area (Å²) in [5.74, 6) is 0.0216. The molecule has 1 amide bonds. The molecule has 4 nitrogen and oxygen atoms in total. The summed E-state index contributed by atoms with van der Waals surface area (Å²) in [6, 6.07) is 20.5. The highest BCUT2D eigenvalue weighted by molar-refractivity contribution is 7.09. The molecule has 28 heavy (non-hydrogen) atoms. The lowest BCUT2D eigenvalue weighted by Crippen LogP contribution is -2.46. The van der Waals surface area contributed by atoms with Crippen LogP contribution in [0, 0.1) is 0 Å². The van der Waals surface area contributed by atoms with Crippen LogP contribution in [0.2, 0.25) is 0 Å². The zero-order valence-corrected chi connectivity index (χ0v) is 16.8. The largest absolute Gasteiger partial charge is 0.373 e. The minimum Gasteiger partial charge on any atom is -0.373 e. The van der Waals surface area contributed by atoms with Crippen LogP contribution < -0.4 is 0 Å². The number of benzene rings is 2. The van der Waals surface area contributed by atoms with E-state index in [2.05, 4.69) is 29.2 Å². The Morgan fingerprint density at radius 1 is 1.07 bits per heavy atom. The molecule has 0 unspecified atom stereocenters. The zero-order valence-electron chi connectivity index (χ0n) is 16.0. The summed E-state index contributed by atoms with van der Waals surface area (Å²) >= 11 is 1.55. The van der Waals surface area contributed by atoms with Crippen LogP contribution in [0.1, 0.15) is 39.5 Å². The van der Waals surface area contributed by atoms with Crippen LogP contribution in [-0.4, -0.2) is 36.0 Å². The molecule has 2 heterocycles. The van der Waals surface area contributed by atoms with Gasteiger partial charge in [-0.25, -0.2) is 4.98 Å². The number of likely N-dealkylation sites (tertiary alicyclic amines) is 1. The van der Waals surface area contributed by atoms with Gasteiger partial charge in [-0.3, -0.25) is 4.79 Å². The van der Waals surface area contributed by atoms with Gasteiger partial charge in [0.05, 0.1) is 10.6 Å². The Bertz CT molecular complexity index is 916. The first kappa shape index (κ1) is 18.8. The Morgan fingerprint density at radius 2 is 1.71 bits per heavy atom. The van der Waals surface area contributed by atoms with Gasteiger partial charge >= 0.3 is 0 Å². The third-order valence-corrected chi connectivity index (χ3v) is 6.37. The van der Waals surface area contributed by atoms with E-state index < -0.39 is 0 Å². The van der Waals surface area contributed by atoms with Crippen LogP contribution in [0.4, 0.5) is 0 Å². The van der Waals surface area contributed by atoms with Crippen molar-refractivity contribution in [2.75, 3.05) is 20.2 Å². The predicted octanol–water partition coefficient (Wildman–Crippen LogP) is 4.51. The summed E-state index contributed by atoms with van der Waals surface area (Å²) in [6.07, 6.45) is 2.35. The number of amides is 1. The molecule has 0 radical (unpaired) electrons. The molecule has 0 N–H and O–H groups in total. The van der Waals surface area contributed by atoms with Crippen molar-refractivity contribution in [3.05, 3.63) is 87.9 Å². The summed E-state index contributed by atoms with van der Waals surface area (Å²) in [5.41, 5.74) is 2.64. The topological polar surface area (TPSA) is 42.4 Å². The van der Waals surface area contributed by atoms with Crippen molar-refractivity contribution in [2.24, 2.45) is 0 Å². The van der Waals surface area contributed by atoms with Gasteiger partial charge in [0.25, 0.3) is 5.91 Å². The highest BCUT2D eigenvalue weighted by atomic mass is 32.1. The zero-order chi connectivity index (χ0) is 19.4. The van der Waals surface area contributed by atoms with E-state index in [1.165, 1.54) is 11.1 Å². The van der Waals surface area contributed by atoms with Crippen LogP contribution in [-0.2, 0) is 16.8 Å². The SMILES string of the molecule is COC1(c2ccccc2)CCN(C(=O)c2csc(Cc3ccccc3)n2)CC1. The van der Waals surface area contributed by atoms with E-state index in [0.717, 1.165) is 24.3 Å². The maximum atomic E-state index is 12.9. The number of carbonyl (C=O) groups excluding carboxylic acids is 1. The van der Waals surface area contributed by atoms with E-state index in [-0.39, 0.29) is 11.5 Å². The Hall–Kier alpha value is -2.50. The van der Waals surface area contributed by atoms with Crippen molar-refractivity contribution in [1.82, 2.24) is 9.88 Å². The number of ether oxygens (including phenoxy) is 1. The molecule has 0 atom stereocenters. The standard InChI is InChI=1S/C23H24N2O2S/c1-27-23(19-10-6-3-7-11-19)12-14-25(15-13-23)22(26)20-17-28-21(24-20)16-18-8-4-2-5-9-18/h2-11,17H,12-16H2,1H3. The Kier molecular flexibility index (Phi) is 5.55. The first-order chi connectivity index (χ1) is 13.7. The van der Waals surface area contributed by atoms with Crippen molar-refractivity contribution < 1.29 is 9.53 Å². The summed E-state index contributed by atoms with van der Waals surface area (Å²) in [5, 5.41) is 2.86. The molecule has 2 aromatic carbocycles. The second-order valence-corrected chi connectivity index (χ2v) is 8.09. The number of aromatic nitrogens is 1. The number of rotatable bonds is 5. The van der Waals surface area contributed by atoms with Gasteiger partial charge in [0.2, 0.25) is 0 Å². The molecule has 144 valence electrons. The van der Waals surface area contributed by atoms with Gasteiger partial charge in [-0.2, -0.15) is 0 Å². The Balaban J connectivity index is 1.42. The van der Waals surface area contributed by atoms with Crippen LogP contribution in [0.5, 0.6) is 0 Å². The normalized spacial score (nSPS) is 16.1. The number of carbonyl (C=O) groups is 1. The van der Waals surface area contributed by atoms with Crippen LogP contribution in [0.15, 0.2) is 66.0 Å². The maximum Gasteiger partial charge on any atom is 0.273 e. The fourth-order valence-corrected chi connectivity index (χ4v) is 4.65. The van der Waals surface area contributed by atoms with E-state index in [1.54, 1.807) is 18.4 Å². The van der Waals surface area contributed by atoms with Gasteiger partial charge in [-0.05, 0) is 24.0 Å². The van der Waals surface area contributed by atoms with Crippen molar-refractivity contribution in [1.29, 1.82) is 0 Å². The van der Waals surface area contributed by atoms with Crippen molar-refractivity contribution in [3.63, 3.8) is 0 Å². The minimum absolute atomic E-state index is 0.0216. The quantitative estimate of drug-likeness (QED) is 0.641. The lowest BCUT2D eigenvalue weighted by Gasteiger charge is -2.41. The van der Waals surface area contributed by atoms with Gasteiger partial charge in [-0.15, -0.1) is 11.3 Å². The second-order valence-electron chi connectivity index (χ2n) is 7.15. The van der Waals surface area contributed by atoms with Crippen molar-refractivity contribution in [3.8, 4) is 0 Å². The van der Waals surface area contributed by atoms with E-state index >= 15 is 0 Å². The lowest BCUT2D eigenvalue weighted by atomic mass is 9.84. The van der Waals surface area contributed by atoms with E-state index in [9.17, 15) is 4.79 Å². The molecule has 5 heteroatoms. The van der Waals surface area contributed by atoms with E-state index in [4.69, 9.17) is 4.74 Å². The number of piperidine rings is 1. The number of nitrogens with zero attached hydrogens (tertiary/aromatic N) is 2. The number of hydrogen-bond acceptors (Lipinski definition) is 4. The van der Waals surface area contributed by atoms with E-state index in [1.807, 2.05) is 46.7 Å². The lowest BCUT2D eigenvalue weighted by molar-refractivity contribution is -0.0575. The molecule has 4 rings (SSSR count). The molecule has 0 saturated carbocycles. The van der Waals surface area contributed by atoms with Gasteiger partial charge < -0.3 is 9.64 Å².